The number of primary amides is 1. The number of nitrogens with zero attached hydrogens (tertiary/aromatic N) is 2. The number of methoxy groups -OCH3 is 1. The number of rotatable bonds is 9. The second-order valence-electron chi connectivity index (χ2n) is 7.02. The first-order valence-electron chi connectivity index (χ1n) is 9.87. The minimum Gasteiger partial charge on any atom is -0.496 e. The molecule has 1 heterocycles. The maximum absolute atomic E-state index is 13.5. The molecule has 0 aliphatic rings. The summed E-state index contributed by atoms with van der Waals surface area (Å²) < 4.78 is 20.2. The molecule has 0 radical (unpaired) electrons. The van der Waals surface area contributed by atoms with Gasteiger partial charge in [-0.1, -0.05) is 24.3 Å². The van der Waals surface area contributed by atoms with Gasteiger partial charge >= 0.3 is 0 Å². The van der Waals surface area contributed by atoms with E-state index < -0.39 is 17.6 Å². The smallest absolute Gasteiger partial charge is 0.255 e. The summed E-state index contributed by atoms with van der Waals surface area (Å²) in [6.45, 7) is 1.31. The average Bonchev–Trinajstić information content (AvgIpc) is 3.12. The number of carbonyl (C=O) groups is 2. The van der Waals surface area contributed by atoms with Crippen LogP contribution in [0.1, 0.15) is 26.3 Å². The SMILES string of the molecule is CNCCn1nc(-c2ccc(CNC(=O)c3cc(F)ccc3OC)cc2)c(C(N)=O)c1N. The molecule has 0 fully saturated rings. The summed E-state index contributed by atoms with van der Waals surface area (Å²) in [4.78, 5) is 24.4. The third kappa shape index (κ3) is 4.86. The molecule has 168 valence electrons. The van der Waals surface area contributed by atoms with Crippen LogP contribution in [0, 0.1) is 5.82 Å². The monoisotopic (exact) mass is 440 g/mol. The third-order valence-corrected chi connectivity index (χ3v) is 4.90. The van der Waals surface area contributed by atoms with Crippen molar-refractivity contribution < 1.29 is 18.7 Å². The van der Waals surface area contributed by atoms with Gasteiger partial charge in [-0.25, -0.2) is 9.07 Å². The van der Waals surface area contributed by atoms with E-state index in [0.717, 1.165) is 11.6 Å². The number of anilines is 1. The highest BCUT2D eigenvalue weighted by Crippen LogP contribution is 2.27. The van der Waals surface area contributed by atoms with Gasteiger partial charge in [0, 0.05) is 18.7 Å². The van der Waals surface area contributed by atoms with Gasteiger partial charge in [0.1, 0.15) is 28.6 Å². The van der Waals surface area contributed by atoms with E-state index in [2.05, 4.69) is 15.7 Å². The Morgan fingerprint density at radius 2 is 1.91 bits per heavy atom. The molecule has 0 atom stereocenters. The Hall–Kier alpha value is -3.92. The van der Waals surface area contributed by atoms with Crippen LogP contribution in [0.3, 0.4) is 0 Å². The Morgan fingerprint density at radius 1 is 1.19 bits per heavy atom. The van der Waals surface area contributed by atoms with Crippen molar-refractivity contribution in [3.05, 3.63) is 65.0 Å². The van der Waals surface area contributed by atoms with E-state index in [0.29, 0.717) is 24.3 Å². The zero-order valence-corrected chi connectivity index (χ0v) is 17.8. The molecule has 32 heavy (non-hydrogen) atoms. The van der Waals surface area contributed by atoms with E-state index in [4.69, 9.17) is 16.2 Å². The molecule has 2 aromatic carbocycles. The summed E-state index contributed by atoms with van der Waals surface area (Å²) in [5.41, 5.74) is 13.7. The number of nitrogen functional groups attached to an aromatic ring is 1. The Morgan fingerprint density at radius 3 is 2.53 bits per heavy atom. The van der Waals surface area contributed by atoms with E-state index in [1.807, 2.05) is 0 Å². The molecule has 10 heteroatoms. The lowest BCUT2D eigenvalue weighted by molar-refractivity contribution is 0.0946. The second-order valence-corrected chi connectivity index (χ2v) is 7.02. The van der Waals surface area contributed by atoms with Gasteiger partial charge in [0.2, 0.25) is 0 Å². The van der Waals surface area contributed by atoms with E-state index in [1.165, 1.54) is 23.9 Å². The largest absolute Gasteiger partial charge is 0.496 e. The lowest BCUT2D eigenvalue weighted by Crippen LogP contribution is -2.23. The van der Waals surface area contributed by atoms with Crippen molar-refractivity contribution in [2.45, 2.75) is 13.1 Å². The molecular formula is C22H25FN6O3. The molecular weight excluding hydrogens is 415 g/mol. The Kier molecular flexibility index (Phi) is 7.06. The van der Waals surface area contributed by atoms with Gasteiger partial charge < -0.3 is 26.8 Å². The van der Waals surface area contributed by atoms with Gasteiger partial charge in [-0.3, -0.25) is 9.59 Å². The molecule has 0 spiro atoms. The molecule has 0 aliphatic carbocycles. The highest BCUT2D eigenvalue weighted by molar-refractivity contribution is 6.03. The van der Waals surface area contributed by atoms with Crippen LogP contribution in [0.4, 0.5) is 10.2 Å². The van der Waals surface area contributed by atoms with E-state index in [-0.39, 0.29) is 29.2 Å². The molecule has 0 saturated carbocycles. The van der Waals surface area contributed by atoms with Crippen LogP contribution in [0.5, 0.6) is 5.75 Å². The number of hydrogen-bond donors (Lipinski definition) is 4. The molecule has 3 rings (SSSR count). The number of amides is 2. The van der Waals surface area contributed by atoms with Gasteiger partial charge in [0.05, 0.1) is 19.2 Å². The zero-order valence-electron chi connectivity index (χ0n) is 17.8. The lowest BCUT2D eigenvalue weighted by atomic mass is 10.0. The summed E-state index contributed by atoms with van der Waals surface area (Å²) in [7, 11) is 3.22. The number of nitrogens with one attached hydrogen (secondary N) is 2. The molecule has 0 unspecified atom stereocenters. The average molecular weight is 440 g/mol. The van der Waals surface area contributed by atoms with Crippen molar-refractivity contribution in [1.82, 2.24) is 20.4 Å². The van der Waals surface area contributed by atoms with Gasteiger partial charge in [-0.05, 0) is 30.8 Å². The number of nitrogens with two attached hydrogens (primary N) is 2. The van der Waals surface area contributed by atoms with Crippen molar-refractivity contribution in [3.8, 4) is 17.0 Å². The van der Waals surface area contributed by atoms with Crippen molar-refractivity contribution in [3.63, 3.8) is 0 Å². The number of hydrogen-bond acceptors (Lipinski definition) is 6. The quantitative estimate of drug-likeness (QED) is 0.398. The number of aromatic nitrogens is 2. The summed E-state index contributed by atoms with van der Waals surface area (Å²) in [6.07, 6.45) is 0. The fraction of sp³-hybridized carbons (Fsp3) is 0.227. The number of halogens is 1. The van der Waals surface area contributed by atoms with Crippen molar-refractivity contribution in [2.24, 2.45) is 5.73 Å². The number of ether oxygens (including phenoxy) is 1. The van der Waals surface area contributed by atoms with E-state index in [1.54, 1.807) is 31.3 Å². The minimum atomic E-state index is -0.659. The Bertz CT molecular complexity index is 1130. The Balaban J connectivity index is 1.77. The third-order valence-electron chi connectivity index (χ3n) is 4.90. The van der Waals surface area contributed by atoms with Gasteiger partial charge in [0.15, 0.2) is 0 Å². The van der Waals surface area contributed by atoms with Gasteiger partial charge in [-0.2, -0.15) is 5.10 Å². The van der Waals surface area contributed by atoms with Gasteiger partial charge in [0.25, 0.3) is 11.8 Å². The first kappa shape index (κ1) is 22.8. The molecule has 2 amide bonds. The molecule has 9 nitrogen and oxygen atoms in total. The molecule has 3 aromatic rings. The van der Waals surface area contributed by atoms with Crippen LogP contribution < -0.4 is 26.8 Å². The summed E-state index contributed by atoms with van der Waals surface area (Å²) in [5, 5.41) is 10.2. The zero-order chi connectivity index (χ0) is 23.3. The molecule has 1 aromatic heterocycles. The van der Waals surface area contributed by atoms with Crippen LogP contribution in [-0.2, 0) is 13.1 Å². The summed E-state index contributed by atoms with van der Waals surface area (Å²) in [5.74, 6) is -1.15. The summed E-state index contributed by atoms with van der Waals surface area (Å²) >= 11 is 0. The number of benzene rings is 2. The fourth-order valence-electron chi connectivity index (χ4n) is 3.22. The highest BCUT2D eigenvalue weighted by Gasteiger charge is 2.21. The highest BCUT2D eigenvalue weighted by atomic mass is 19.1. The van der Waals surface area contributed by atoms with Crippen LogP contribution >= 0.6 is 0 Å². The predicted octanol–water partition coefficient (Wildman–Crippen LogP) is 1.53. The molecule has 0 bridgehead atoms. The molecule has 0 aliphatic heterocycles. The first-order valence-corrected chi connectivity index (χ1v) is 9.87. The van der Waals surface area contributed by atoms with Crippen LogP contribution in [-0.4, -0.2) is 42.3 Å². The van der Waals surface area contributed by atoms with Crippen LogP contribution in [0.25, 0.3) is 11.3 Å². The Labute approximate surface area is 184 Å². The van der Waals surface area contributed by atoms with Crippen molar-refractivity contribution in [1.29, 1.82) is 0 Å². The molecule has 6 N–H and O–H groups in total. The van der Waals surface area contributed by atoms with Crippen molar-refractivity contribution >= 4 is 17.6 Å². The van der Waals surface area contributed by atoms with E-state index >= 15 is 0 Å². The maximum atomic E-state index is 13.5. The molecule has 0 saturated heterocycles. The summed E-state index contributed by atoms with van der Waals surface area (Å²) in [6, 6.07) is 10.8. The number of carbonyl (C=O) groups excluding carboxylic acids is 2. The maximum Gasteiger partial charge on any atom is 0.255 e. The topological polar surface area (TPSA) is 137 Å². The van der Waals surface area contributed by atoms with Crippen LogP contribution in [0.15, 0.2) is 42.5 Å². The van der Waals surface area contributed by atoms with Gasteiger partial charge in [-0.15, -0.1) is 0 Å². The van der Waals surface area contributed by atoms with E-state index in [9.17, 15) is 14.0 Å². The standard InChI is InChI=1S/C22H25FN6O3/c1-26-9-10-29-20(24)18(21(25)30)19(28-29)14-5-3-13(4-6-14)12-27-22(31)16-11-15(23)7-8-17(16)32-2/h3-8,11,26H,9-10,12,24H2,1-2H3,(H2,25,30)(H,27,31). The van der Waals surface area contributed by atoms with Crippen molar-refractivity contribution in [2.75, 3.05) is 26.4 Å². The lowest BCUT2D eigenvalue weighted by Gasteiger charge is -2.10. The predicted molar refractivity (Wildman–Crippen MR) is 119 cm³/mol. The second kappa shape index (κ2) is 9.92. The fourth-order valence-corrected chi connectivity index (χ4v) is 3.22. The minimum absolute atomic E-state index is 0.109. The van der Waals surface area contributed by atoms with Crippen LogP contribution in [0.2, 0.25) is 0 Å². The normalized spacial score (nSPS) is 10.7. The number of likely N-dealkylation sites (N-methyl/N-ethyl adjacent to an activating group) is 1. The first-order chi connectivity index (χ1) is 15.3.